The topological polar surface area (TPSA) is 181 Å². The van der Waals surface area contributed by atoms with Crippen LogP contribution in [0.2, 0.25) is 0 Å². The smallest absolute Gasteiger partial charge is 0.264 e. The van der Waals surface area contributed by atoms with Gasteiger partial charge in [0.1, 0.15) is 6.04 Å². The summed E-state index contributed by atoms with van der Waals surface area (Å²) in [6.07, 6.45) is 13.6. The fraction of sp³-hybridized carbons (Fsp3) is 0.435. The molecule has 7 rings (SSSR count). The Morgan fingerprint density at radius 3 is 2.30 bits per heavy atom. The summed E-state index contributed by atoms with van der Waals surface area (Å²) in [5.41, 5.74) is 3.55. The van der Waals surface area contributed by atoms with E-state index >= 15 is 0 Å². The summed E-state index contributed by atoms with van der Waals surface area (Å²) < 4.78 is 0. The predicted molar refractivity (Wildman–Crippen MR) is 229 cm³/mol. The molecule has 5 heterocycles. The summed E-state index contributed by atoms with van der Waals surface area (Å²) in [5, 5.41) is 8.40. The molecular weight excluding hydrogens is 777 g/mol. The Balaban J connectivity index is 0.761. The molecular formula is C46H54N8O7. The van der Waals surface area contributed by atoms with Crippen molar-refractivity contribution < 1.29 is 33.6 Å². The zero-order valence-electron chi connectivity index (χ0n) is 34.5. The molecule has 3 fully saturated rings. The minimum Gasteiger partial charge on any atom is -0.384 e. The summed E-state index contributed by atoms with van der Waals surface area (Å²) >= 11 is 0. The van der Waals surface area contributed by atoms with Crippen molar-refractivity contribution in [3.63, 3.8) is 0 Å². The number of hydrogen-bond donors (Lipinski definition) is 3. The van der Waals surface area contributed by atoms with E-state index in [-0.39, 0.29) is 41.7 Å². The molecule has 0 spiro atoms. The van der Waals surface area contributed by atoms with Crippen LogP contribution in [0.1, 0.15) is 101 Å². The van der Waals surface area contributed by atoms with Gasteiger partial charge in [0.25, 0.3) is 17.7 Å². The van der Waals surface area contributed by atoms with Gasteiger partial charge >= 0.3 is 0 Å². The number of hydrogen-bond acceptors (Lipinski definition) is 10. The number of carbonyl (C=O) groups is 7. The fourth-order valence-corrected chi connectivity index (χ4v) is 8.56. The van der Waals surface area contributed by atoms with E-state index in [0.717, 1.165) is 61.3 Å². The molecule has 0 radical (unpaired) electrons. The van der Waals surface area contributed by atoms with Crippen LogP contribution in [-0.4, -0.2) is 119 Å². The molecule has 1 atom stereocenters. The van der Waals surface area contributed by atoms with Gasteiger partial charge in [-0.15, -0.1) is 0 Å². The molecule has 2 aromatic carbocycles. The minimum absolute atomic E-state index is 0.0592. The number of carbonyl (C=O) groups excluding carboxylic acids is 7. The fourth-order valence-electron chi connectivity index (χ4n) is 8.56. The third kappa shape index (κ3) is 10.7. The van der Waals surface area contributed by atoms with Gasteiger partial charge in [-0.2, -0.15) is 0 Å². The Morgan fingerprint density at radius 2 is 1.56 bits per heavy atom. The number of unbranched alkanes of at least 4 members (excludes halogenated alkanes) is 2. The van der Waals surface area contributed by atoms with Crippen LogP contribution in [0.25, 0.3) is 6.08 Å². The first-order chi connectivity index (χ1) is 29.7. The van der Waals surface area contributed by atoms with Gasteiger partial charge in [-0.1, -0.05) is 25.0 Å². The van der Waals surface area contributed by atoms with Crippen LogP contribution in [0.3, 0.4) is 0 Å². The van der Waals surface area contributed by atoms with E-state index < -0.39 is 29.7 Å². The molecule has 1 unspecified atom stereocenters. The zero-order chi connectivity index (χ0) is 42.7. The molecule has 1 aromatic heterocycles. The number of aromatic nitrogens is 1. The Morgan fingerprint density at radius 1 is 0.787 bits per heavy atom. The van der Waals surface area contributed by atoms with Crippen LogP contribution in [-0.2, 0) is 19.2 Å². The van der Waals surface area contributed by atoms with Crippen molar-refractivity contribution in [2.24, 2.45) is 5.92 Å². The first kappa shape index (κ1) is 42.7. The number of piperazine rings is 1. The third-order valence-corrected chi connectivity index (χ3v) is 12.1. The molecule has 3 N–H and O–H groups in total. The van der Waals surface area contributed by atoms with Crippen LogP contribution in [0, 0.1) is 5.92 Å². The molecule has 4 aliphatic rings. The molecule has 3 saturated heterocycles. The molecule has 4 aliphatic heterocycles. The lowest BCUT2D eigenvalue weighted by atomic mass is 9.91. The van der Waals surface area contributed by atoms with Crippen LogP contribution >= 0.6 is 0 Å². The average Bonchev–Trinajstić information content (AvgIpc) is 3.54. The third-order valence-electron chi connectivity index (χ3n) is 12.1. The van der Waals surface area contributed by atoms with Crippen LogP contribution in [0.5, 0.6) is 0 Å². The van der Waals surface area contributed by atoms with Crippen molar-refractivity contribution in [3.05, 3.63) is 95.3 Å². The Kier molecular flexibility index (Phi) is 14.2. The van der Waals surface area contributed by atoms with E-state index in [2.05, 4.69) is 25.8 Å². The number of pyridine rings is 1. The van der Waals surface area contributed by atoms with Crippen LogP contribution in [0.15, 0.2) is 73.1 Å². The molecule has 0 aliphatic carbocycles. The molecule has 0 saturated carbocycles. The largest absolute Gasteiger partial charge is 0.384 e. The van der Waals surface area contributed by atoms with Crippen LogP contribution in [0.4, 0.5) is 11.4 Å². The lowest BCUT2D eigenvalue weighted by Gasteiger charge is -2.36. The molecule has 320 valence electrons. The summed E-state index contributed by atoms with van der Waals surface area (Å²) in [7, 11) is 0. The first-order valence-electron chi connectivity index (χ1n) is 21.5. The highest BCUT2D eigenvalue weighted by atomic mass is 16.2. The molecule has 61 heavy (non-hydrogen) atoms. The lowest BCUT2D eigenvalue weighted by molar-refractivity contribution is -0.136. The second kappa shape index (κ2) is 20.3. The minimum atomic E-state index is -1.02. The van der Waals surface area contributed by atoms with Crippen LogP contribution < -0.4 is 20.9 Å². The van der Waals surface area contributed by atoms with Crippen molar-refractivity contribution in [2.45, 2.75) is 70.3 Å². The summed E-state index contributed by atoms with van der Waals surface area (Å²) in [6.45, 7) is 5.26. The summed E-state index contributed by atoms with van der Waals surface area (Å²) in [4.78, 5) is 100. The standard InChI is InChI=1S/C46H54N8O7/c55-39(18-12-33-8-6-22-47-31-33)49-24-3-1-7-32-20-25-53(26-21-32)44(59)34-13-15-35(16-14-34)51-27-29-52(30-28-51)41(57)11-2-4-23-48-37-10-5-9-36-42(37)46(61)54(45(36)60)38-17-19-40(56)50-43(38)58/h5-6,8-10,12-16,18,22,31-32,38,48H,1-4,7,11,17,19-21,23-30H2,(H,49,55)(H,50,56,58)/b18-12+. The molecule has 15 nitrogen and oxygen atoms in total. The van der Waals surface area contributed by atoms with Gasteiger partial charge < -0.3 is 25.3 Å². The molecule has 3 aromatic rings. The molecule has 0 bridgehead atoms. The number of fused-ring (bicyclic) bond motifs is 1. The number of likely N-dealkylation sites (tertiary alicyclic amines) is 1. The maximum absolute atomic E-state index is 13.3. The van der Waals surface area contributed by atoms with E-state index in [1.807, 2.05) is 46.2 Å². The maximum atomic E-state index is 13.3. The number of nitrogens with one attached hydrogen (secondary N) is 3. The Labute approximate surface area is 355 Å². The normalized spacial score (nSPS) is 18.4. The van der Waals surface area contributed by atoms with Gasteiger partial charge in [0.05, 0.1) is 11.1 Å². The first-order valence-corrected chi connectivity index (χ1v) is 21.5. The average molecular weight is 831 g/mol. The number of rotatable bonds is 16. The number of amides is 7. The van der Waals surface area contributed by atoms with Crippen molar-refractivity contribution in [2.75, 3.05) is 62.6 Å². The predicted octanol–water partition coefficient (Wildman–Crippen LogP) is 4.27. The van der Waals surface area contributed by atoms with E-state index in [0.29, 0.717) is 75.7 Å². The van der Waals surface area contributed by atoms with Gasteiger partial charge in [0.2, 0.25) is 23.6 Å². The van der Waals surface area contributed by atoms with Crippen molar-refractivity contribution >= 4 is 58.8 Å². The highest BCUT2D eigenvalue weighted by molar-refractivity contribution is 6.25. The summed E-state index contributed by atoms with van der Waals surface area (Å²) in [6, 6.07) is 15.5. The van der Waals surface area contributed by atoms with Gasteiger partial charge in [-0.3, -0.25) is 48.8 Å². The second-order valence-electron chi connectivity index (χ2n) is 16.1. The maximum Gasteiger partial charge on any atom is 0.264 e. The van der Waals surface area contributed by atoms with Gasteiger partial charge in [-0.05, 0) is 98.5 Å². The monoisotopic (exact) mass is 830 g/mol. The van der Waals surface area contributed by atoms with Gasteiger partial charge in [-0.25, -0.2) is 0 Å². The summed E-state index contributed by atoms with van der Waals surface area (Å²) in [5.74, 6) is -1.53. The number of anilines is 2. The van der Waals surface area contributed by atoms with E-state index in [1.54, 1.807) is 36.7 Å². The van der Waals surface area contributed by atoms with Crippen molar-refractivity contribution in [1.82, 2.24) is 30.3 Å². The number of imide groups is 2. The van der Waals surface area contributed by atoms with E-state index in [4.69, 9.17) is 0 Å². The zero-order valence-corrected chi connectivity index (χ0v) is 34.5. The Bertz CT molecular complexity index is 2130. The Hall–Kier alpha value is -6.38. The van der Waals surface area contributed by atoms with Crippen molar-refractivity contribution in [1.29, 1.82) is 0 Å². The molecule has 7 amide bonds. The van der Waals surface area contributed by atoms with Crippen molar-refractivity contribution in [3.8, 4) is 0 Å². The van der Waals surface area contributed by atoms with E-state index in [9.17, 15) is 33.6 Å². The number of benzene rings is 2. The number of nitrogens with zero attached hydrogens (tertiary/aromatic N) is 5. The SMILES string of the molecule is O=C(/C=C/c1cccnc1)NCCCCC1CCN(C(=O)c2ccc(N3CCN(C(=O)CCCCNc4cccc5c4C(=O)N(C4CCC(=O)NC4=O)C5=O)CC3)cc2)CC1. The van der Waals surface area contributed by atoms with Gasteiger partial charge in [0, 0.05) is 101 Å². The quantitative estimate of drug-likeness (QED) is 0.107. The van der Waals surface area contributed by atoms with E-state index in [1.165, 1.54) is 6.08 Å². The second-order valence-corrected chi connectivity index (χ2v) is 16.1. The highest BCUT2D eigenvalue weighted by Gasteiger charge is 2.45. The highest BCUT2D eigenvalue weighted by Crippen LogP contribution is 2.32. The van der Waals surface area contributed by atoms with Gasteiger partial charge in [0.15, 0.2) is 0 Å². The lowest BCUT2D eigenvalue weighted by Crippen LogP contribution is -2.54. The number of piperidine rings is 2. The molecule has 15 heteroatoms.